The van der Waals surface area contributed by atoms with Gasteiger partial charge >= 0.3 is 0 Å². The SMILES string of the molecule is CC(=O)N1CCC(CC(=O)N2CCN(C3c4ccc(Cl)cc4C=Cc4cc(Br)c[n+](O)c43)CC2)CC1. The molecule has 1 unspecified atom stereocenters. The first-order chi connectivity index (χ1) is 17.3. The number of pyridine rings is 1. The van der Waals surface area contributed by atoms with Crippen LogP contribution in [0.5, 0.6) is 0 Å². The molecule has 2 aromatic rings. The molecule has 0 spiro atoms. The Labute approximate surface area is 225 Å². The molecule has 1 atom stereocenters. The summed E-state index contributed by atoms with van der Waals surface area (Å²) >= 11 is 9.81. The molecule has 1 N–H and O–H groups in total. The molecule has 5 rings (SSSR count). The van der Waals surface area contributed by atoms with Gasteiger partial charge in [0.25, 0.3) is 5.69 Å². The van der Waals surface area contributed by atoms with Gasteiger partial charge in [-0.2, -0.15) is 0 Å². The summed E-state index contributed by atoms with van der Waals surface area (Å²) in [5.41, 5.74) is 3.83. The monoisotopic (exact) mass is 573 g/mol. The topological polar surface area (TPSA) is 68.0 Å². The fourth-order valence-electron chi connectivity index (χ4n) is 5.69. The summed E-state index contributed by atoms with van der Waals surface area (Å²) in [7, 11) is 0. The molecule has 0 radical (unpaired) electrons. The van der Waals surface area contributed by atoms with Crippen LogP contribution in [0.25, 0.3) is 12.2 Å². The quantitative estimate of drug-likeness (QED) is 0.445. The van der Waals surface area contributed by atoms with E-state index < -0.39 is 0 Å². The molecule has 7 nitrogen and oxygen atoms in total. The Morgan fingerprint density at radius 2 is 1.72 bits per heavy atom. The molecule has 1 aromatic carbocycles. The van der Waals surface area contributed by atoms with Crippen LogP contribution in [-0.2, 0) is 9.59 Å². The van der Waals surface area contributed by atoms with Gasteiger partial charge in [-0.3, -0.25) is 19.7 Å². The van der Waals surface area contributed by atoms with Crippen molar-refractivity contribution in [2.24, 2.45) is 5.92 Å². The fraction of sp³-hybridized carbons (Fsp3) is 0.444. The van der Waals surface area contributed by atoms with Gasteiger partial charge in [0.2, 0.25) is 18.0 Å². The van der Waals surface area contributed by atoms with E-state index in [0.29, 0.717) is 43.5 Å². The van der Waals surface area contributed by atoms with Crippen LogP contribution in [0.1, 0.15) is 54.6 Å². The Morgan fingerprint density at radius 3 is 2.42 bits per heavy atom. The second-order valence-corrected chi connectivity index (χ2v) is 11.3. The number of carbonyl (C=O) groups excluding carboxylic acids is 2. The van der Waals surface area contributed by atoms with Gasteiger partial charge in [0.15, 0.2) is 0 Å². The van der Waals surface area contributed by atoms with Crippen molar-refractivity contribution >= 4 is 51.5 Å². The van der Waals surface area contributed by atoms with Crippen molar-refractivity contribution in [3.8, 4) is 0 Å². The average molecular weight is 575 g/mol. The van der Waals surface area contributed by atoms with Gasteiger partial charge in [-0.05, 0) is 70.1 Å². The van der Waals surface area contributed by atoms with Gasteiger partial charge in [0.1, 0.15) is 6.04 Å². The van der Waals surface area contributed by atoms with Crippen LogP contribution >= 0.6 is 27.5 Å². The molecule has 3 aliphatic rings. The van der Waals surface area contributed by atoms with Crippen molar-refractivity contribution < 1.29 is 19.5 Å². The molecule has 2 amide bonds. The van der Waals surface area contributed by atoms with Crippen LogP contribution in [0.2, 0.25) is 5.02 Å². The summed E-state index contributed by atoms with van der Waals surface area (Å²) in [6.45, 7) is 5.81. The summed E-state index contributed by atoms with van der Waals surface area (Å²) in [6.07, 6.45) is 8.06. The van der Waals surface area contributed by atoms with Gasteiger partial charge in [-0.1, -0.05) is 23.7 Å². The zero-order chi connectivity index (χ0) is 25.4. The maximum atomic E-state index is 13.1. The Morgan fingerprint density at radius 1 is 1.03 bits per heavy atom. The molecule has 0 bridgehead atoms. The lowest BCUT2D eigenvalue weighted by Crippen LogP contribution is -2.52. The van der Waals surface area contributed by atoms with E-state index in [0.717, 1.165) is 52.8 Å². The number of amides is 2. The Balaban J connectivity index is 1.31. The number of piperazine rings is 1. The Kier molecular flexibility index (Phi) is 7.37. The van der Waals surface area contributed by atoms with E-state index in [4.69, 9.17) is 11.6 Å². The van der Waals surface area contributed by atoms with E-state index >= 15 is 0 Å². The predicted octanol–water partition coefficient (Wildman–Crippen LogP) is 3.99. The number of hydrogen-bond donors (Lipinski definition) is 1. The van der Waals surface area contributed by atoms with Gasteiger partial charge in [-0.15, -0.1) is 0 Å². The zero-order valence-corrected chi connectivity index (χ0v) is 22.7. The standard InChI is InChI=1S/C27H31BrClN4O3/c1-18(34)30-8-6-19(7-9-30)14-25(35)31-10-12-32(13-11-31)27-24-5-4-23(29)16-20(24)2-3-21-15-22(28)17-33(36)26(21)27/h2-5,15-17,19,27,36H,6-14H2,1H3/q+1. The predicted molar refractivity (Wildman–Crippen MR) is 141 cm³/mol. The number of halogens is 2. The van der Waals surface area contributed by atoms with Crippen LogP contribution in [0.3, 0.4) is 0 Å². The molecular formula is C27H31BrClN4O3+. The minimum atomic E-state index is -0.173. The van der Waals surface area contributed by atoms with E-state index in [-0.39, 0.29) is 17.9 Å². The van der Waals surface area contributed by atoms with Crippen LogP contribution < -0.4 is 4.73 Å². The molecule has 9 heteroatoms. The number of carbonyl (C=O) groups is 2. The van der Waals surface area contributed by atoms with Crippen molar-refractivity contribution in [1.82, 2.24) is 14.7 Å². The first-order valence-electron chi connectivity index (χ1n) is 12.5. The van der Waals surface area contributed by atoms with Gasteiger partial charge in [0.05, 0.1) is 4.47 Å². The fourth-order valence-corrected chi connectivity index (χ4v) is 6.31. The highest BCUT2D eigenvalue weighted by molar-refractivity contribution is 9.10. The third kappa shape index (κ3) is 5.17. The summed E-state index contributed by atoms with van der Waals surface area (Å²) < 4.78 is 2.00. The van der Waals surface area contributed by atoms with Gasteiger partial charge in [0, 0.05) is 67.9 Å². The molecule has 0 saturated carbocycles. The number of likely N-dealkylation sites (tertiary alicyclic amines) is 1. The molecule has 1 aromatic heterocycles. The van der Waals surface area contributed by atoms with E-state index in [1.165, 1.54) is 4.73 Å². The number of rotatable bonds is 3. The molecule has 2 aliphatic heterocycles. The summed E-state index contributed by atoms with van der Waals surface area (Å²) in [6, 6.07) is 7.73. The third-order valence-corrected chi connectivity index (χ3v) is 8.35. The minimum Gasteiger partial charge on any atom is -0.343 e. The van der Waals surface area contributed by atoms with Gasteiger partial charge in [-0.25, -0.2) is 0 Å². The molecule has 36 heavy (non-hydrogen) atoms. The Hall–Kier alpha value is -2.42. The lowest BCUT2D eigenvalue weighted by Gasteiger charge is -2.39. The highest BCUT2D eigenvalue weighted by Gasteiger charge is 2.38. The highest BCUT2D eigenvalue weighted by atomic mass is 79.9. The highest BCUT2D eigenvalue weighted by Crippen LogP contribution is 2.37. The molecule has 2 saturated heterocycles. The van der Waals surface area contributed by atoms with Crippen molar-refractivity contribution in [3.63, 3.8) is 0 Å². The largest absolute Gasteiger partial charge is 0.343 e. The number of piperidine rings is 1. The zero-order valence-electron chi connectivity index (χ0n) is 20.4. The molecule has 190 valence electrons. The number of benzene rings is 1. The van der Waals surface area contributed by atoms with E-state index in [9.17, 15) is 14.8 Å². The number of fused-ring (bicyclic) bond motifs is 2. The average Bonchev–Trinajstić information content (AvgIpc) is 3.01. The van der Waals surface area contributed by atoms with Crippen LogP contribution in [0.15, 0.2) is 34.9 Å². The lowest BCUT2D eigenvalue weighted by molar-refractivity contribution is -0.911. The molecular weight excluding hydrogens is 544 g/mol. The van der Waals surface area contributed by atoms with Crippen LogP contribution in [0.4, 0.5) is 0 Å². The van der Waals surface area contributed by atoms with Crippen molar-refractivity contribution in [3.05, 3.63) is 62.3 Å². The van der Waals surface area contributed by atoms with E-state index in [1.54, 1.807) is 13.1 Å². The van der Waals surface area contributed by atoms with Crippen molar-refractivity contribution in [2.75, 3.05) is 39.3 Å². The summed E-state index contributed by atoms with van der Waals surface area (Å²) in [5, 5.41) is 11.6. The number of aromatic nitrogens is 1. The first kappa shape index (κ1) is 25.2. The van der Waals surface area contributed by atoms with Crippen molar-refractivity contribution in [2.45, 2.75) is 32.2 Å². The first-order valence-corrected chi connectivity index (χ1v) is 13.7. The molecule has 1 aliphatic carbocycles. The van der Waals surface area contributed by atoms with Crippen molar-refractivity contribution in [1.29, 1.82) is 0 Å². The number of nitrogens with zero attached hydrogens (tertiary/aromatic N) is 4. The molecule has 3 heterocycles. The third-order valence-electron chi connectivity index (χ3n) is 7.68. The normalized spacial score (nSPS) is 20.6. The smallest absolute Gasteiger partial charge is 0.262 e. The molecule has 2 fully saturated rings. The van der Waals surface area contributed by atoms with Crippen LogP contribution in [0, 0.1) is 5.92 Å². The second kappa shape index (κ2) is 10.5. The van der Waals surface area contributed by atoms with E-state index in [2.05, 4.69) is 20.8 Å². The summed E-state index contributed by atoms with van der Waals surface area (Å²) in [4.78, 5) is 30.9. The summed E-state index contributed by atoms with van der Waals surface area (Å²) in [5.74, 6) is 0.660. The van der Waals surface area contributed by atoms with Gasteiger partial charge < -0.3 is 9.80 Å². The maximum Gasteiger partial charge on any atom is 0.262 e. The maximum absolute atomic E-state index is 13.1. The number of hydrogen-bond acceptors (Lipinski definition) is 4. The minimum absolute atomic E-state index is 0.117. The van der Waals surface area contributed by atoms with Crippen LogP contribution in [-0.4, -0.2) is 71.0 Å². The lowest BCUT2D eigenvalue weighted by atomic mass is 9.92. The Bertz CT molecular complexity index is 1200. The van der Waals surface area contributed by atoms with E-state index in [1.807, 2.05) is 46.2 Å². The second-order valence-electron chi connectivity index (χ2n) is 9.92.